The average molecular weight is 165 g/mol. The van der Waals surface area contributed by atoms with Gasteiger partial charge in [0, 0.05) is 6.61 Å². The zero-order valence-electron chi connectivity index (χ0n) is 7.38. The van der Waals surface area contributed by atoms with Crippen molar-refractivity contribution in [3.8, 4) is 6.07 Å². The third kappa shape index (κ3) is 1.61. The summed E-state index contributed by atoms with van der Waals surface area (Å²) in [7, 11) is 0. The van der Waals surface area contributed by atoms with Crippen molar-refractivity contribution in [2.75, 3.05) is 6.61 Å². The molecule has 1 saturated carbocycles. The third-order valence-corrected chi connectivity index (χ3v) is 3.06. The summed E-state index contributed by atoms with van der Waals surface area (Å²) < 4.78 is 5.51. The Morgan fingerprint density at radius 2 is 2.33 bits per heavy atom. The zero-order valence-corrected chi connectivity index (χ0v) is 7.38. The molecular formula is C10H15NO. The Hall–Kier alpha value is -0.550. The van der Waals surface area contributed by atoms with Gasteiger partial charge in [-0.05, 0) is 38.5 Å². The molecule has 2 aliphatic rings. The van der Waals surface area contributed by atoms with Crippen molar-refractivity contribution in [1.29, 1.82) is 5.26 Å². The van der Waals surface area contributed by atoms with E-state index in [2.05, 4.69) is 6.07 Å². The van der Waals surface area contributed by atoms with Crippen LogP contribution in [0, 0.1) is 16.7 Å². The van der Waals surface area contributed by atoms with E-state index in [-0.39, 0.29) is 5.41 Å². The van der Waals surface area contributed by atoms with E-state index in [9.17, 15) is 0 Å². The fourth-order valence-corrected chi connectivity index (χ4v) is 1.88. The quantitative estimate of drug-likeness (QED) is 0.642. The molecule has 1 unspecified atom stereocenters. The van der Waals surface area contributed by atoms with Crippen molar-refractivity contribution in [3.63, 3.8) is 0 Å². The minimum atomic E-state index is 0.0753. The monoisotopic (exact) mass is 165 g/mol. The van der Waals surface area contributed by atoms with E-state index in [1.54, 1.807) is 0 Å². The maximum Gasteiger partial charge on any atom is 0.0689 e. The van der Waals surface area contributed by atoms with Crippen LogP contribution in [-0.4, -0.2) is 12.7 Å². The van der Waals surface area contributed by atoms with Crippen LogP contribution in [0.25, 0.3) is 0 Å². The van der Waals surface area contributed by atoms with Crippen LogP contribution in [-0.2, 0) is 4.74 Å². The maximum absolute atomic E-state index is 8.84. The molecule has 1 aliphatic carbocycles. The smallest absolute Gasteiger partial charge is 0.0689 e. The van der Waals surface area contributed by atoms with Gasteiger partial charge in [-0.2, -0.15) is 5.26 Å². The molecule has 2 rings (SSSR count). The Labute approximate surface area is 73.5 Å². The first-order valence-corrected chi connectivity index (χ1v) is 4.88. The highest BCUT2D eigenvalue weighted by Crippen LogP contribution is 2.49. The molecule has 1 saturated heterocycles. The van der Waals surface area contributed by atoms with Gasteiger partial charge in [-0.25, -0.2) is 0 Å². The molecule has 66 valence electrons. The lowest BCUT2D eigenvalue weighted by Gasteiger charge is -2.10. The second-order valence-electron chi connectivity index (χ2n) is 4.07. The van der Waals surface area contributed by atoms with E-state index in [0.717, 1.165) is 32.3 Å². The van der Waals surface area contributed by atoms with E-state index in [0.29, 0.717) is 6.10 Å². The summed E-state index contributed by atoms with van der Waals surface area (Å²) in [5, 5.41) is 8.84. The molecule has 1 aliphatic heterocycles. The molecule has 1 atom stereocenters. The summed E-state index contributed by atoms with van der Waals surface area (Å²) in [5.41, 5.74) is 0.0753. The van der Waals surface area contributed by atoms with Crippen molar-refractivity contribution in [2.45, 2.75) is 44.6 Å². The molecule has 0 aromatic rings. The Kier molecular flexibility index (Phi) is 2.06. The average Bonchev–Trinajstić information content (AvgIpc) is 2.70. The molecule has 0 radical (unpaired) electrons. The number of nitriles is 1. The summed E-state index contributed by atoms with van der Waals surface area (Å²) in [5.74, 6) is 0. The van der Waals surface area contributed by atoms with Crippen LogP contribution in [0.15, 0.2) is 0 Å². The van der Waals surface area contributed by atoms with E-state index in [1.807, 2.05) is 0 Å². The first kappa shape index (κ1) is 8.07. The van der Waals surface area contributed by atoms with Gasteiger partial charge in [-0.3, -0.25) is 0 Å². The van der Waals surface area contributed by atoms with Gasteiger partial charge in [0.15, 0.2) is 0 Å². The first-order chi connectivity index (χ1) is 5.85. The summed E-state index contributed by atoms with van der Waals surface area (Å²) >= 11 is 0. The number of hydrogen-bond donors (Lipinski definition) is 0. The largest absolute Gasteiger partial charge is 0.378 e. The van der Waals surface area contributed by atoms with E-state index in [1.165, 1.54) is 12.8 Å². The molecule has 2 heteroatoms. The SMILES string of the molecule is N#CC1(CCC2CCCO2)CC1. The lowest BCUT2D eigenvalue weighted by Crippen LogP contribution is -2.08. The van der Waals surface area contributed by atoms with Crippen molar-refractivity contribution in [1.82, 2.24) is 0 Å². The molecular weight excluding hydrogens is 150 g/mol. The van der Waals surface area contributed by atoms with Crippen LogP contribution in [0.4, 0.5) is 0 Å². The molecule has 0 aromatic carbocycles. The Morgan fingerprint density at radius 1 is 1.50 bits per heavy atom. The highest BCUT2D eigenvalue weighted by molar-refractivity contribution is 5.09. The summed E-state index contributed by atoms with van der Waals surface area (Å²) in [6, 6.07) is 2.42. The lowest BCUT2D eigenvalue weighted by atomic mass is 9.99. The predicted octanol–water partition coefficient (Wildman–Crippen LogP) is 2.25. The van der Waals surface area contributed by atoms with Crippen LogP contribution in [0.5, 0.6) is 0 Å². The zero-order chi connectivity index (χ0) is 8.44. The van der Waals surface area contributed by atoms with Crippen LogP contribution in [0.1, 0.15) is 38.5 Å². The second-order valence-corrected chi connectivity index (χ2v) is 4.07. The van der Waals surface area contributed by atoms with Crippen molar-refractivity contribution in [2.24, 2.45) is 5.41 Å². The highest BCUT2D eigenvalue weighted by atomic mass is 16.5. The topological polar surface area (TPSA) is 33.0 Å². The molecule has 0 bridgehead atoms. The van der Waals surface area contributed by atoms with Crippen LogP contribution in [0.3, 0.4) is 0 Å². The van der Waals surface area contributed by atoms with E-state index >= 15 is 0 Å². The molecule has 12 heavy (non-hydrogen) atoms. The Morgan fingerprint density at radius 3 is 2.83 bits per heavy atom. The molecule has 2 nitrogen and oxygen atoms in total. The van der Waals surface area contributed by atoms with Crippen LogP contribution >= 0.6 is 0 Å². The molecule has 1 heterocycles. The first-order valence-electron chi connectivity index (χ1n) is 4.88. The van der Waals surface area contributed by atoms with Gasteiger partial charge >= 0.3 is 0 Å². The number of hydrogen-bond acceptors (Lipinski definition) is 2. The Bertz CT molecular complexity index is 196. The van der Waals surface area contributed by atoms with Crippen molar-refractivity contribution >= 4 is 0 Å². The predicted molar refractivity (Wildman–Crippen MR) is 45.5 cm³/mol. The van der Waals surface area contributed by atoms with Gasteiger partial charge in [0.25, 0.3) is 0 Å². The summed E-state index contributed by atoms with van der Waals surface area (Å²) in [4.78, 5) is 0. The van der Waals surface area contributed by atoms with Crippen LogP contribution in [0.2, 0.25) is 0 Å². The van der Waals surface area contributed by atoms with Gasteiger partial charge in [0.05, 0.1) is 17.6 Å². The summed E-state index contributed by atoms with van der Waals surface area (Å²) in [6.07, 6.45) is 7.30. The maximum atomic E-state index is 8.84. The Balaban J connectivity index is 1.71. The second kappa shape index (κ2) is 3.06. The number of rotatable bonds is 3. The van der Waals surface area contributed by atoms with Crippen LogP contribution < -0.4 is 0 Å². The highest BCUT2D eigenvalue weighted by Gasteiger charge is 2.42. The molecule has 0 amide bonds. The van der Waals surface area contributed by atoms with Crippen molar-refractivity contribution in [3.05, 3.63) is 0 Å². The van der Waals surface area contributed by atoms with Crippen molar-refractivity contribution < 1.29 is 4.74 Å². The molecule has 0 spiro atoms. The van der Waals surface area contributed by atoms with Gasteiger partial charge in [-0.15, -0.1) is 0 Å². The minimum Gasteiger partial charge on any atom is -0.378 e. The fraction of sp³-hybridized carbons (Fsp3) is 0.900. The molecule has 0 aromatic heterocycles. The minimum absolute atomic E-state index is 0.0753. The standard InChI is InChI=1S/C10H15NO/c11-8-10(5-6-10)4-3-9-2-1-7-12-9/h9H,1-7H2. The lowest BCUT2D eigenvalue weighted by molar-refractivity contribution is 0.0991. The molecule has 0 N–H and O–H groups in total. The normalized spacial score (nSPS) is 31.4. The fourth-order valence-electron chi connectivity index (χ4n) is 1.88. The van der Waals surface area contributed by atoms with Gasteiger partial charge in [0.2, 0.25) is 0 Å². The van der Waals surface area contributed by atoms with Gasteiger partial charge < -0.3 is 4.74 Å². The van der Waals surface area contributed by atoms with Gasteiger partial charge in [-0.1, -0.05) is 0 Å². The van der Waals surface area contributed by atoms with E-state index in [4.69, 9.17) is 10.00 Å². The van der Waals surface area contributed by atoms with E-state index < -0.39 is 0 Å². The third-order valence-electron chi connectivity index (χ3n) is 3.06. The number of ether oxygens (including phenoxy) is 1. The summed E-state index contributed by atoms with van der Waals surface area (Å²) in [6.45, 7) is 0.935. The van der Waals surface area contributed by atoms with Gasteiger partial charge in [0.1, 0.15) is 0 Å². The number of nitrogens with zero attached hydrogens (tertiary/aromatic N) is 1. The molecule has 2 fully saturated rings.